The number of imide groups is 1. The van der Waals surface area contributed by atoms with Crippen molar-refractivity contribution >= 4 is 23.2 Å². The molecule has 1 saturated heterocycles. The summed E-state index contributed by atoms with van der Waals surface area (Å²) in [6.07, 6.45) is 0. The molecule has 6 nitrogen and oxygen atoms in total. The summed E-state index contributed by atoms with van der Waals surface area (Å²) in [5.74, 6) is -1.46. The van der Waals surface area contributed by atoms with E-state index in [0.717, 1.165) is 22.1 Å². The molecule has 2 aromatic carbocycles. The number of carbonyl (C=O) groups is 2. The molecule has 0 N–H and O–H groups in total. The molecule has 0 spiro atoms. The third-order valence-electron chi connectivity index (χ3n) is 4.60. The summed E-state index contributed by atoms with van der Waals surface area (Å²) >= 11 is 0. The molecule has 2 amide bonds. The molecule has 0 unspecified atom stereocenters. The third-order valence-corrected chi connectivity index (χ3v) is 4.60. The maximum atomic E-state index is 13.5. The Balaban J connectivity index is 1.71. The van der Waals surface area contributed by atoms with Crippen molar-refractivity contribution in [2.24, 2.45) is 10.3 Å². The Morgan fingerprint density at radius 2 is 1.76 bits per heavy atom. The maximum absolute atomic E-state index is 13.5. The number of hydrogen-bond acceptors (Lipinski definition) is 5. The molecule has 2 aliphatic heterocycles. The lowest BCUT2D eigenvalue weighted by atomic mass is 10.1. The van der Waals surface area contributed by atoms with Crippen LogP contribution in [0.4, 0.5) is 15.8 Å². The zero-order valence-corrected chi connectivity index (χ0v) is 13.7. The summed E-state index contributed by atoms with van der Waals surface area (Å²) in [7, 11) is 0. The Morgan fingerprint density at radius 3 is 2.48 bits per heavy atom. The van der Waals surface area contributed by atoms with Gasteiger partial charge in [0.25, 0.3) is 11.8 Å². The first-order chi connectivity index (χ1) is 12.0. The molecule has 126 valence electrons. The van der Waals surface area contributed by atoms with Gasteiger partial charge in [0.1, 0.15) is 5.82 Å². The van der Waals surface area contributed by atoms with Gasteiger partial charge in [0.2, 0.25) is 0 Å². The topological polar surface area (TPSA) is 65.3 Å². The Morgan fingerprint density at radius 1 is 0.960 bits per heavy atom. The minimum absolute atomic E-state index is 0.208. The molecule has 25 heavy (non-hydrogen) atoms. The van der Waals surface area contributed by atoms with Crippen LogP contribution in [0.3, 0.4) is 0 Å². The average Bonchev–Trinajstić information content (AvgIpc) is 3.11. The highest BCUT2D eigenvalue weighted by molar-refractivity contribution is 6.26. The Labute approximate surface area is 143 Å². The predicted molar refractivity (Wildman–Crippen MR) is 89.7 cm³/mol. The minimum Gasteiger partial charge on any atom is -0.271 e. The average molecular weight is 338 g/mol. The monoisotopic (exact) mass is 338 g/mol. The van der Waals surface area contributed by atoms with Crippen molar-refractivity contribution in [3.05, 3.63) is 59.4 Å². The van der Waals surface area contributed by atoms with Gasteiger partial charge in [-0.2, -0.15) is 5.11 Å². The summed E-state index contributed by atoms with van der Waals surface area (Å²) < 4.78 is 13.5. The van der Waals surface area contributed by atoms with E-state index in [9.17, 15) is 14.0 Å². The lowest BCUT2D eigenvalue weighted by Crippen LogP contribution is -2.40. The van der Waals surface area contributed by atoms with E-state index >= 15 is 0 Å². The highest BCUT2D eigenvalue weighted by atomic mass is 19.1. The van der Waals surface area contributed by atoms with Gasteiger partial charge in [-0.3, -0.25) is 9.59 Å². The van der Waals surface area contributed by atoms with Gasteiger partial charge >= 0.3 is 0 Å². The van der Waals surface area contributed by atoms with E-state index in [4.69, 9.17) is 0 Å². The normalized spacial score (nSPS) is 22.0. The smallest absolute Gasteiger partial charge is 0.263 e. The Kier molecular flexibility index (Phi) is 3.38. The molecule has 2 atom stereocenters. The Hall–Kier alpha value is -3.09. The second kappa shape index (κ2) is 5.47. The molecular weight excluding hydrogens is 323 g/mol. The van der Waals surface area contributed by atoms with Crippen LogP contribution in [0.15, 0.2) is 52.8 Å². The van der Waals surface area contributed by atoms with E-state index in [1.807, 2.05) is 32.0 Å². The van der Waals surface area contributed by atoms with Gasteiger partial charge in [-0.05, 0) is 55.3 Å². The molecule has 4 rings (SSSR count). The van der Waals surface area contributed by atoms with Crippen LogP contribution in [0.5, 0.6) is 0 Å². The number of hydrogen-bond donors (Lipinski definition) is 0. The number of anilines is 2. The fraction of sp³-hybridized carbons (Fsp3) is 0.222. The van der Waals surface area contributed by atoms with Crippen molar-refractivity contribution in [1.29, 1.82) is 0 Å². The molecule has 0 aliphatic carbocycles. The van der Waals surface area contributed by atoms with Crippen molar-refractivity contribution in [2.75, 3.05) is 9.91 Å². The fourth-order valence-electron chi connectivity index (χ4n) is 3.11. The highest BCUT2D eigenvalue weighted by Crippen LogP contribution is 2.35. The number of carbonyl (C=O) groups excluding carboxylic acids is 2. The van der Waals surface area contributed by atoms with Crippen LogP contribution in [0, 0.1) is 19.7 Å². The van der Waals surface area contributed by atoms with Crippen molar-refractivity contribution in [2.45, 2.75) is 25.9 Å². The molecule has 2 aromatic rings. The van der Waals surface area contributed by atoms with Gasteiger partial charge in [-0.15, -0.1) is 0 Å². The van der Waals surface area contributed by atoms with E-state index < -0.39 is 29.7 Å². The van der Waals surface area contributed by atoms with Crippen molar-refractivity contribution in [3.63, 3.8) is 0 Å². The summed E-state index contributed by atoms with van der Waals surface area (Å²) in [5, 5.41) is 9.47. The minimum atomic E-state index is -0.905. The van der Waals surface area contributed by atoms with Gasteiger partial charge in [0.15, 0.2) is 12.1 Å². The summed E-state index contributed by atoms with van der Waals surface area (Å²) in [5.41, 5.74) is 3.07. The summed E-state index contributed by atoms with van der Waals surface area (Å²) in [6.45, 7) is 3.95. The Bertz CT molecular complexity index is 927. The van der Waals surface area contributed by atoms with E-state index in [-0.39, 0.29) is 5.69 Å². The van der Waals surface area contributed by atoms with E-state index in [2.05, 4.69) is 10.3 Å². The lowest BCUT2D eigenvalue weighted by Gasteiger charge is -2.21. The third kappa shape index (κ3) is 2.31. The molecule has 2 heterocycles. The zero-order valence-electron chi connectivity index (χ0n) is 13.7. The molecule has 0 aromatic heterocycles. The number of nitrogens with zero attached hydrogens (tertiary/aromatic N) is 4. The van der Waals surface area contributed by atoms with Crippen molar-refractivity contribution < 1.29 is 14.0 Å². The number of aryl methyl sites for hydroxylation is 2. The fourth-order valence-corrected chi connectivity index (χ4v) is 3.11. The van der Waals surface area contributed by atoms with Gasteiger partial charge in [-0.1, -0.05) is 17.4 Å². The molecule has 7 heteroatoms. The van der Waals surface area contributed by atoms with Crippen LogP contribution in [-0.2, 0) is 9.59 Å². The molecular formula is C18H15FN4O2. The first-order valence-corrected chi connectivity index (χ1v) is 7.88. The van der Waals surface area contributed by atoms with Gasteiger partial charge < -0.3 is 0 Å². The van der Waals surface area contributed by atoms with E-state index in [0.29, 0.717) is 5.69 Å². The van der Waals surface area contributed by atoms with Crippen LogP contribution in [0.2, 0.25) is 0 Å². The molecule has 0 saturated carbocycles. The molecule has 0 radical (unpaired) electrons. The largest absolute Gasteiger partial charge is 0.271 e. The standard InChI is InChI=1S/C18H15FN4O2/c1-10-6-7-14(8-11(10)2)23-16-15(20-21-23)17(24)22(18(16)25)13-5-3-4-12(19)9-13/h3-9,15-16H,1-2H3/t15-,16-/m1/s1. The number of fused-ring (bicyclic) bond motifs is 1. The van der Waals surface area contributed by atoms with Crippen LogP contribution < -0.4 is 9.91 Å². The number of halogens is 1. The number of amides is 2. The summed E-state index contributed by atoms with van der Waals surface area (Å²) in [4.78, 5) is 26.5. The van der Waals surface area contributed by atoms with E-state index in [1.165, 1.54) is 23.2 Å². The van der Waals surface area contributed by atoms with Crippen LogP contribution in [0.25, 0.3) is 0 Å². The molecule has 0 bridgehead atoms. The zero-order chi connectivity index (χ0) is 17.7. The molecule has 1 fully saturated rings. The lowest BCUT2D eigenvalue weighted by molar-refractivity contribution is -0.121. The number of rotatable bonds is 2. The summed E-state index contributed by atoms with van der Waals surface area (Å²) in [6, 6.07) is 9.34. The predicted octanol–water partition coefficient (Wildman–Crippen LogP) is 2.94. The second-order valence-corrected chi connectivity index (χ2v) is 6.20. The van der Waals surface area contributed by atoms with Crippen LogP contribution in [0.1, 0.15) is 11.1 Å². The first kappa shape index (κ1) is 15.4. The quantitative estimate of drug-likeness (QED) is 0.791. The highest BCUT2D eigenvalue weighted by Gasteiger charge is 2.55. The van der Waals surface area contributed by atoms with E-state index in [1.54, 1.807) is 0 Å². The molecule has 2 aliphatic rings. The van der Waals surface area contributed by atoms with Crippen LogP contribution in [-0.4, -0.2) is 23.9 Å². The number of benzene rings is 2. The second-order valence-electron chi connectivity index (χ2n) is 6.20. The van der Waals surface area contributed by atoms with Gasteiger partial charge in [0, 0.05) is 0 Å². The van der Waals surface area contributed by atoms with Crippen molar-refractivity contribution in [1.82, 2.24) is 0 Å². The SMILES string of the molecule is Cc1ccc(N2N=N[C@H]3C(=O)N(c4cccc(F)c4)C(=O)[C@@H]32)cc1C. The maximum Gasteiger partial charge on any atom is 0.263 e. The van der Waals surface area contributed by atoms with Gasteiger partial charge in [0.05, 0.1) is 11.4 Å². The van der Waals surface area contributed by atoms with Gasteiger partial charge in [-0.25, -0.2) is 14.3 Å². The van der Waals surface area contributed by atoms with Crippen molar-refractivity contribution in [3.8, 4) is 0 Å². The van der Waals surface area contributed by atoms with Crippen LogP contribution >= 0.6 is 0 Å². The first-order valence-electron chi connectivity index (χ1n) is 7.88.